The van der Waals surface area contributed by atoms with Crippen LogP contribution in [0.3, 0.4) is 0 Å². The van der Waals surface area contributed by atoms with Gasteiger partial charge in [-0.05, 0) is 85.9 Å². The molecule has 1 N–H and O–H groups in total. The van der Waals surface area contributed by atoms with Crippen molar-refractivity contribution in [1.82, 2.24) is 4.98 Å². The van der Waals surface area contributed by atoms with Crippen molar-refractivity contribution in [3.05, 3.63) is 106 Å². The Morgan fingerprint density at radius 1 is 1.00 bits per heavy atom. The second-order valence-electron chi connectivity index (χ2n) is 12.3. The SMILES string of the molecule is COc1cc([C@H]2C3=CC[C@@H]4C(=O)N(c5ccc(-c6nc7ccccc7o6)cc5)C(=O)[C@@H]4[C@@H]3CC3=C2C(=O)C(C)=CC3=O)cc(Cl)c1O. The number of methoxy groups -OCH3 is 1. The van der Waals surface area contributed by atoms with Gasteiger partial charge < -0.3 is 14.3 Å². The highest BCUT2D eigenvalue weighted by molar-refractivity contribution is 6.32. The Kier molecular flexibility index (Phi) is 6.59. The lowest BCUT2D eigenvalue weighted by Gasteiger charge is -2.42. The molecule has 0 spiro atoms. The number of hydrogen-bond donors (Lipinski definition) is 1. The van der Waals surface area contributed by atoms with Gasteiger partial charge in [-0.2, -0.15) is 0 Å². The van der Waals surface area contributed by atoms with Gasteiger partial charge in [-0.3, -0.25) is 24.1 Å². The Morgan fingerprint density at radius 2 is 1.77 bits per heavy atom. The molecule has 0 bridgehead atoms. The first kappa shape index (κ1) is 29.1. The Bertz CT molecular complexity index is 2140. The third-order valence-corrected chi connectivity index (χ3v) is 10.1. The number of amides is 2. The van der Waals surface area contributed by atoms with Crippen LogP contribution in [-0.2, 0) is 19.2 Å². The van der Waals surface area contributed by atoms with Crippen LogP contribution in [0.1, 0.15) is 31.2 Å². The third kappa shape index (κ3) is 4.33. The molecular formula is C37H27ClN2O7. The fourth-order valence-electron chi connectivity index (χ4n) is 7.66. The van der Waals surface area contributed by atoms with E-state index in [2.05, 4.69) is 4.98 Å². The van der Waals surface area contributed by atoms with E-state index < -0.39 is 23.7 Å². The van der Waals surface area contributed by atoms with Crippen LogP contribution in [0.5, 0.6) is 11.5 Å². The number of aromatic nitrogens is 1. The van der Waals surface area contributed by atoms with Gasteiger partial charge in [0.05, 0.1) is 29.7 Å². The summed E-state index contributed by atoms with van der Waals surface area (Å²) in [7, 11) is 1.40. The summed E-state index contributed by atoms with van der Waals surface area (Å²) in [6, 6.07) is 17.5. The number of Topliss-reactive ketones (excluding diaryl/α,β-unsaturated/α-hetero) is 1. The second-order valence-corrected chi connectivity index (χ2v) is 12.7. The van der Waals surface area contributed by atoms with Gasteiger partial charge in [0.25, 0.3) is 0 Å². The number of para-hydroxylation sites is 2. The molecule has 0 saturated carbocycles. The quantitative estimate of drug-likeness (QED) is 0.151. The molecule has 4 aromatic rings. The fraction of sp³-hybridized carbons (Fsp3) is 0.216. The molecule has 9 nitrogen and oxygen atoms in total. The number of imide groups is 1. The molecule has 1 aromatic heterocycles. The Labute approximate surface area is 273 Å². The Hall–Kier alpha value is -5.28. The van der Waals surface area contributed by atoms with Gasteiger partial charge in [0.15, 0.2) is 28.6 Å². The smallest absolute Gasteiger partial charge is 0.238 e. The maximum absolute atomic E-state index is 14.3. The number of hydrogen-bond acceptors (Lipinski definition) is 8. The van der Waals surface area contributed by atoms with Gasteiger partial charge >= 0.3 is 0 Å². The van der Waals surface area contributed by atoms with Crippen LogP contribution >= 0.6 is 11.6 Å². The second kappa shape index (κ2) is 10.6. The monoisotopic (exact) mass is 646 g/mol. The number of ether oxygens (including phenoxy) is 1. The lowest BCUT2D eigenvalue weighted by Crippen LogP contribution is -2.39. The first-order valence-corrected chi connectivity index (χ1v) is 15.6. The number of benzene rings is 3. The van der Waals surface area contributed by atoms with E-state index in [4.69, 9.17) is 20.8 Å². The highest BCUT2D eigenvalue weighted by atomic mass is 35.5. The maximum atomic E-state index is 14.3. The first-order valence-electron chi connectivity index (χ1n) is 15.3. The molecule has 3 aromatic carbocycles. The minimum absolute atomic E-state index is 0.0272. The van der Waals surface area contributed by atoms with Gasteiger partial charge in [0.1, 0.15) is 5.52 Å². The number of fused-ring (bicyclic) bond motifs is 4. The average Bonchev–Trinajstić information content (AvgIpc) is 3.62. The third-order valence-electron chi connectivity index (χ3n) is 9.84. The maximum Gasteiger partial charge on any atom is 0.238 e. The van der Waals surface area contributed by atoms with Crippen molar-refractivity contribution in [1.29, 1.82) is 0 Å². The van der Waals surface area contributed by atoms with Crippen LogP contribution in [0.2, 0.25) is 5.02 Å². The topological polar surface area (TPSA) is 127 Å². The molecule has 0 unspecified atom stereocenters. The van der Waals surface area contributed by atoms with E-state index in [0.29, 0.717) is 45.0 Å². The van der Waals surface area contributed by atoms with Gasteiger partial charge in [0.2, 0.25) is 17.7 Å². The van der Waals surface area contributed by atoms with E-state index in [1.807, 2.05) is 30.3 Å². The summed E-state index contributed by atoms with van der Waals surface area (Å²) in [4.78, 5) is 61.0. The standard InChI is InChI=1S/C37H27ClN2O7/c1-17-13-27(41)24-16-23-21(30(32(24)33(17)42)19-14-25(38)34(43)29(15-19)46-2)11-12-22-31(23)37(45)40(36(22)44)20-9-7-18(8-10-20)35-39-26-5-3-4-6-28(26)47-35/h3-11,13-15,22-23,30-31,43H,12,16H2,1-2H3/t22-,23+,30-,31-/m0/s1. The van der Waals surface area contributed by atoms with E-state index in [1.54, 1.807) is 43.3 Å². The molecule has 47 heavy (non-hydrogen) atoms. The predicted octanol–water partition coefficient (Wildman–Crippen LogP) is 6.50. The van der Waals surface area contributed by atoms with Crippen LogP contribution in [0.4, 0.5) is 5.69 Å². The van der Waals surface area contributed by atoms with Crippen LogP contribution in [-0.4, -0.2) is 40.6 Å². The molecule has 3 aliphatic carbocycles. The van der Waals surface area contributed by atoms with E-state index in [9.17, 15) is 24.3 Å². The predicted molar refractivity (Wildman–Crippen MR) is 173 cm³/mol. The fourth-order valence-corrected chi connectivity index (χ4v) is 7.88. The highest BCUT2D eigenvalue weighted by Crippen LogP contribution is 2.56. The molecule has 1 fully saturated rings. The molecule has 1 aliphatic heterocycles. The summed E-state index contributed by atoms with van der Waals surface area (Å²) < 4.78 is 11.2. The first-order chi connectivity index (χ1) is 22.7. The van der Waals surface area contributed by atoms with Gasteiger partial charge in [-0.1, -0.05) is 35.4 Å². The lowest BCUT2D eigenvalue weighted by atomic mass is 9.59. The average molecular weight is 647 g/mol. The summed E-state index contributed by atoms with van der Waals surface area (Å²) in [5, 5.41) is 10.5. The van der Waals surface area contributed by atoms with Crippen LogP contribution in [0, 0.1) is 17.8 Å². The zero-order chi connectivity index (χ0) is 32.7. The van der Waals surface area contributed by atoms with E-state index in [1.165, 1.54) is 18.1 Å². The molecule has 10 heteroatoms. The normalized spacial score (nSPS) is 23.9. The van der Waals surface area contributed by atoms with Gasteiger partial charge in [-0.25, -0.2) is 4.98 Å². The Balaban J connectivity index is 1.18. The van der Waals surface area contributed by atoms with Crippen molar-refractivity contribution >= 4 is 51.8 Å². The van der Waals surface area contributed by atoms with Crippen molar-refractivity contribution in [2.45, 2.75) is 25.7 Å². The zero-order valence-corrected chi connectivity index (χ0v) is 26.1. The van der Waals surface area contributed by atoms with Crippen LogP contribution in [0.25, 0.3) is 22.6 Å². The van der Waals surface area contributed by atoms with Gasteiger partial charge in [-0.15, -0.1) is 0 Å². The van der Waals surface area contributed by atoms with Crippen molar-refractivity contribution in [2.75, 3.05) is 12.0 Å². The summed E-state index contributed by atoms with van der Waals surface area (Å²) in [5.74, 6) is -3.50. The van der Waals surface area contributed by atoms with Crippen molar-refractivity contribution in [3.8, 4) is 23.0 Å². The van der Waals surface area contributed by atoms with Crippen molar-refractivity contribution in [2.24, 2.45) is 17.8 Å². The molecule has 0 radical (unpaired) electrons. The van der Waals surface area contributed by atoms with E-state index in [0.717, 1.165) is 11.1 Å². The number of phenolic OH excluding ortho intramolecular Hbond substituents is 1. The molecule has 8 rings (SSSR count). The number of rotatable bonds is 4. The summed E-state index contributed by atoms with van der Waals surface area (Å²) in [5.41, 5.74) is 4.83. The number of carbonyl (C=O) groups excluding carboxylic acids is 4. The highest BCUT2D eigenvalue weighted by Gasteiger charge is 2.56. The largest absolute Gasteiger partial charge is 0.503 e. The van der Waals surface area contributed by atoms with Crippen LogP contribution < -0.4 is 9.64 Å². The molecule has 234 valence electrons. The zero-order valence-electron chi connectivity index (χ0n) is 25.3. The van der Waals surface area contributed by atoms with Gasteiger partial charge in [0, 0.05) is 28.2 Å². The van der Waals surface area contributed by atoms with Crippen molar-refractivity contribution in [3.63, 3.8) is 0 Å². The number of anilines is 1. The molecule has 4 aliphatic rings. The summed E-state index contributed by atoms with van der Waals surface area (Å²) in [6.45, 7) is 1.61. The Morgan fingerprint density at radius 3 is 2.51 bits per heavy atom. The van der Waals surface area contributed by atoms with Crippen molar-refractivity contribution < 1.29 is 33.4 Å². The summed E-state index contributed by atoms with van der Waals surface area (Å²) in [6.07, 6.45) is 3.71. The number of allylic oxidation sites excluding steroid dienone is 6. The number of aromatic hydroxyl groups is 1. The number of halogens is 1. The number of nitrogens with zero attached hydrogens (tertiary/aromatic N) is 2. The number of ketones is 2. The van der Waals surface area contributed by atoms with Crippen LogP contribution in [0.15, 0.2) is 99.5 Å². The van der Waals surface area contributed by atoms with E-state index in [-0.39, 0.29) is 52.7 Å². The van der Waals surface area contributed by atoms with E-state index >= 15 is 0 Å². The molecule has 2 heterocycles. The number of oxazole rings is 1. The molecule has 2 amide bonds. The molecule has 4 atom stereocenters. The molecular weight excluding hydrogens is 620 g/mol. The minimum Gasteiger partial charge on any atom is -0.503 e. The number of phenols is 1. The summed E-state index contributed by atoms with van der Waals surface area (Å²) >= 11 is 6.41. The number of carbonyl (C=O) groups is 4. The minimum atomic E-state index is -0.736. The lowest BCUT2D eigenvalue weighted by molar-refractivity contribution is -0.123. The molecule has 1 saturated heterocycles.